The van der Waals surface area contributed by atoms with Crippen LogP contribution in [-0.4, -0.2) is 55.4 Å². The van der Waals surface area contributed by atoms with Gasteiger partial charge in [0.05, 0.1) is 26.3 Å². The Balaban J connectivity index is 2.12. The zero-order valence-electron chi connectivity index (χ0n) is 14.2. The predicted octanol–water partition coefficient (Wildman–Crippen LogP) is 2.32. The molecule has 0 unspecified atom stereocenters. The van der Waals surface area contributed by atoms with Crippen molar-refractivity contribution >= 4 is 34.3 Å². The van der Waals surface area contributed by atoms with E-state index in [0.29, 0.717) is 22.9 Å². The summed E-state index contributed by atoms with van der Waals surface area (Å²) in [6, 6.07) is 5.21. The Bertz CT molecular complexity index is 715. The van der Waals surface area contributed by atoms with Crippen LogP contribution in [0.2, 0.25) is 0 Å². The third-order valence-electron chi connectivity index (χ3n) is 3.38. The first-order valence-electron chi connectivity index (χ1n) is 7.35. The third kappa shape index (κ3) is 4.60. The molecule has 7 nitrogen and oxygen atoms in total. The second-order valence-corrected chi connectivity index (χ2v) is 6.57. The van der Waals surface area contributed by atoms with Gasteiger partial charge in [0.2, 0.25) is 0 Å². The number of ether oxygens (including phenoxy) is 2. The summed E-state index contributed by atoms with van der Waals surface area (Å²) in [5.74, 6) is 1.38. The smallest absolute Gasteiger partial charge is 0.258 e. The van der Waals surface area contributed by atoms with Crippen LogP contribution in [0.4, 0.5) is 5.82 Å². The Morgan fingerprint density at radius 3 is 2.58 bits per heavy atom. The highest BCUT2D eigenvalue weighted by atomic mass is 127. The number of amides is 1. The van der Waals surface area contributed by atoms with E-state index in [9.17, 15) is 4.79 Å². The van der Waals surface area contributed by atoms with E-state index in [-0.39, 0.29) is 5.91 Å². The predicted molar refractivity (Wildman–Crippen MR) is 101 cm³/mol. The molecule has 1 heterocycles. The first kappa shape index (κ1) is 18.5. The van der Waals surface area contributed by atoms with Gasteiger partial charge in [0.15, 0.2) is 17.3 Å². The monoisotopic (exact) mass is 444 g/mol. The average molecular weight is 444 g/mol. The minimum Gasteiger partial charge on any atom is -0.493 e. The van der Waals surface area contributed by atoms with Gasteiger partial charge in [-0.2, -0.15) is 5.10 Å². The van der Waals surface area contributed by atoms with Crippen LogP contribution < -0.4 is 14.8 Å². The minimum atomic E-state index is -0.238. The maximum Gasteiger partial charge on any atom is 0.258 e. The molecule has 0 fully saturated rings. The molecule has 1 amide bonds. The number of carbonyl (C=O) groups is 1. The van der Waals surface area contributed by atoms with Crippen LogP contribution in [0.15, 0.2) is 24.4 Å². The topological polar surface area (TPSA) is 68.6 Å². The van der Waals surface area contributed by atoms with Crippen molar-refractivity contribution in [2.45, 2.75) is 6.54 Å². The maximum absolute atomic E-state index is 12.5. The van der Waals surface area contributed by atoms with Crippen molar-refractivity contribution in [3.8, 4) is 11.5 Å². The van der Waals surface area contributed by atoms with E-state index in [2.05, 4.69) is 37.9 Å². The van der Waals surface area contributed by atoms with Gasteiger partial charge in [0.1, 0.15) is 0 Å². The summed E-state index contributed by atoms with van der Waals surface area (Å²) < 4.78 is 13.1. The lowest BCUT2D eigenvalue weighted by molar-refractivity contribution is 0.102. The Morgan fingerprint density at radius 1 is 1.29 bits per heavy atom. The molecule has 2 rings (SSSR count). The molecule has 0 spiro atoms. The van der Waals surface area contributed by atoms with E-state index >= 15 is 0 Å². The Labute approximate surface area is 155 Å². The first-order valence-corrected chi connectivity index (χ1v) is 8.43. The van der Waals surface area contributed by atoms with E-state index in [0.717, 1.165) is 16.7 Å². The van der Waals surface area contributed by atoms with E-state index in [1.807, 2.05) is 20.3 Å². The van der Waals surface area contributed by atoms with Crippen LogP contribution in [0.1, 0.15) is 10.4 Å². The van der Waals surface area contributed by atoms with Gasteiger partial charge in [-0.15, -0.1) is 0 Å². The summed E-state index contributed by atoms with van der Waals surface area (Å²) in [4.78, 5) is 14.6. The van der Waals surface area contributed by atoms with Crippen molar-refractivity contribution < 1.29 is 14.3 Å². The summed E-state index contributed by atoms with van der Waals surface area (Å²) in [5, 5.41) is 7.16. The van der Waals surface area contributed by atoms with Crippen LogP contribution in [0.25, 0.3) is 0 Å². The van der Waals surface area contributed by atoms with E-state index < -0.39 is 0 Å². The molecular weight excluding hydrogens is 423 g/mol. The molecule has 0 aliphatic rings. The van der Waals surface area contributed by atoms with Gasteiger partial charge in [0, 0.05) is 22.4 Å². The fourth-order valence-corrected chi connectivity index (χ4v) is 2.75. The molecule has 0 aliphatic heterocycles. The number of nitrogens with one attached hydrogen (secondary N) is 1. The summed E-state index contributed by atoms with van der Waals surface area (Å²) in [6.45, 7) is 1.64. The van der Waals surface area contributed by atoms with Crippen molar-refractivity contribution in [1.82, 2.24) is 14.7 Å². The number of nitrogens with zero attached hydrogens (tertiary/aromatic N) is 3. The number of carbonyl (C=O) groups excluding carboxylic acids is 1. The molecule has 1 N–H and O–H groups in total. The van der Waals surface area contributed by atoms with E-state index in [1.165, 1.54) is 0 Å². The SMILES string of the molecule is COc1cc(I)c(C(=O)Nc2ccn(CCN(C)C)n2)cc1OC. The van der Waals surface area contributed by atoms with Gasteiger partial charge in [-0.1, -0.05) is 0 Å². The highest BCUT2D eigenvalue weighted by molar-refractivity contribution is 14.1. The van der Waals surface area contributed by atoms with Gasteiger partial charge in [0.25, 0.3) is 5.91 Å². The van der Waals surface area contributed by atoms with Gasteiger partial charge >= 0.3 is 0 Å². The van der Waals surface area contributed by atoms with Gasteiger partial charge in [-0.05, 0) is 48.8 Å². The molecule has 0 atom stereocenters. The fraction of sp³-hybridized carbons (Fsp3) is 0.375. The minimum absolute atomic E-state index is 0.238. The van der Waals surface area contributed by atoms with Crippen molar-refractivity contribution in [3.05, 3.63) is 33.5 Å². The Kier molecular flexibility index (Phi) is 6.44. The number of aromatic nitrogens is 2. The number of hydrogen-bond donors (Lipinski definition) is 1. The number of methoxy groups -OCH3 is 2. The lowest BCUT2D eigenvalue weighted by Gasteiger charge is -2.11. The summed E-state index contributed by atoms with van der Waals surface area (Å²) in [7, 11) is 7.11. The zero-order valence-corrected chi connectivity index (χ0v) is 16.3. The van der Waals surface area contributed by atoms with Crippen LogP contribution in [0.5, 0.6) is 11.5 Å². The molecule has 130 valence electrons. The quantitative estimate of drug-likeness (QED) is 0.665. The molecule has 0 aliphatic carbocycles. The molecule has 1 aromatic carbocycles. The Hall–Kier alpha value is -1.81. The third-order valence-corrected chi connectivity index (χ3v) is 4.27. The second-order valence-electron chi connectivity index (χ2n) is 5.41. The second kappa shape index (κ2) is 8.34. The Morgan fingerprint density at radius 2 is 1.96 bits per heavy atom. The molecule has 0 bridgehead atoms. The summed E-state index contributed by atoms with van der Waals surface area (Å²) in [5.41, 5.74) is 0.510. The van der Waals surface area contributed by atoms with E-state index in [4.69, 9.17) is 9.47 Å². The normalized spacial score (nSPS) is 10.8. The van der Waals surface area contributed by atoms with E-state index in [1.54, 1.807) is 37.1 Å². The van der Waals surface area contributed by atoms with Crippen LogP contribution in [-0.2, 0) is 6.54 Å². The number of halogens is 1. The molecule has 24 heavy (non-hydrogen) atoms. The summed E-state index contributed by atoms with van der Waals surface area (Å²) in [6.07, 6.45) is 1.85. The average Bonchev–Trinajstić information content (AvgIpc) is 2.99. The van der Waals surface area contributed by atoms with Crippen molar-refractivity contribution in [2.24, 2.45) is 0 Å². The molecular formula is C16H21IN4O3. The van der Waals surface area contributed by atoms with Gasteiger partial charge in [-0.25, -0.2) is 0 Å². The lowest BCUT2D eigenvalue weighted by atomic mass is 10.2. The van der Waals surface area contributed by atoms with Crippen molar-refractivity contribution in [3.63, 3.8) is 0 Å². The van der Waals surface area contributed by atoms with Gasteiger partial charge < -0.3 is 19.7 Å². The van der Waals surface area contributed by atoms with Crippen molar-refractivity contribution in [1.29, 1.82) is 0 Å². The maximum atomic E-state index is 12.5. The number of anilines is 1. The van der Waals surface area contributed by atoms with Crippen LogP contribution in [0.3, 0.4) is 0 Å². The summed E-state index contributed by atoms with van der Waals surface area (Å²) >= 11 is 2.10. The lowest BCUT2D eigenvalue weighted by Crippen LogP contribution is -2.19. The molecule has 2 aromatic rings. The first-order chi connectivity index (χ1) is 11.4. The number of rotatable bonds is 7. The highest BCUT2D eigenvalue weighted by Gasteiger charge is 2.16. The highest BCUT2D eigenvalue weighted by Crippen LogP contribution is 2.31. The molecule has 8 heteroatoms. The van der Waals surface area contributed by atoms with Gasteiger partial charge in [-0.3, -0.25) is 9.48 Å². The number of benzene rings is 1. The number of hydrogen-bond acceptors (Lipinski definition) is 5. The van der Waals surface area contributed by atoms with Crippen LogP contribution >= 0.6 is 22.6 Å². The molecule has 0 radical (unpaired) electrons. The van der Waals surface area contributed by atoms with Crippen molar-refractivity contribution in [2.75, 3.05) is 40.2 Å². The molecule has 1 aromatic heterocycles. The standard InChI is InChI=1S/C16H21IN4O3/c1-20(2)7-8-21-6-5-15(19-21)18-16(22)11-9-13(23-3)14(24-4)10-12(11)17/h5-6,9-10H,7-8H2,1-4H3,(H,18,19,22). The largest absolute Gasteiger partial charge is 0.493 e. The fourth-order valence-electron chi connectivity index (χ4n) is 2.07. The molecule has 0 saturated carbocycles. The van der Waals surface area contributed by atoms with Crippen LogP contribution in [0, 0.1) is 3.57 Å². The zero-order chi connectivity index (χ0) is 17.7. The number of likely N-dealkylation sites (N-methyl/N-ethyl adjacent to an activating group) is 1. The molecule has 0 saturated heterocycles.